The normalized spacial score (nSPS) is 23.7. The first-order chi connectivity index (χ1) is 12.1. The maximum Gasteiger partial charge on any atom is 0.337 e. The average Bonchev–Trinajstić information content (AvgIpc) is 2.57. The van der Waals surface area contributed by atoms with Crippen molar-refractivity contribution in [1.82, 2.24) is 9.78 Å². The molecule has 1 aromatic heterocycles. The number of carbonyl (C=O) groups is 1. The summed E-state index contributed by atoms with van der Waals surface area (Å²) in [6.45, 7) is 4.89. The Morgan fingerprint density at radius 2 is 1.96 bits per heavy atom. The van der Waals surface area contributed by atoms with Gasteiger partial charge in [0.25, 0.3) is 5.56 Å². The molecule has 0 aliphatic carbocycles. The molecule has 2 unspecified atom stereocenters. The zero-order valence-corrected chi connectivity index (χ0v) is 14.9. The van der Waals surface area contributed by atoms with Crippen LogP contribution in [0.25, 0.3) is 0 Å². The van der Waals surface area contributed by atoms with Crippen molar-refractivity contribution in [3.05, 3.63) is 51.8 Å². The monoisotopic (exact) mass is 360 g/mol. The molecule has 26 heavy (non-hydrogen) atoms. The maximum absolute atomic E-state index is 12.4. The van der Waals surface area contributed by atoms with Crippen molar-refractivity contribution in [1.29, 1.82) is 0 Å². The Kier molecular flexibility index (Phi) is 4.03. The minimum Gasteiger partial charge on any atom is -0.492 e. The molecule has 3 rings (SSSR count). The van der Waals surface area contributed by atoms with Crippen LogP contribution in [0, 0.1) is 0 Å². The topological polar surface area (TPSA) is 111 Å². The zero-order valence-electron chi connectivity index (χ0n) is 14.9. The molecule has 1 aromatic carbocycles. The Balaban J connectivity index is 2.31. The molecule has 0 spiro atoms. The van der Waals surface area contributed by atoms with Gasteiger partial charge in [0.05, 0.1) is 12.7 Å². The Bertz CT molecular complexity index is 932. The van der Waals surface area contributed by atoms with Crippen LogP contribution in [-0.4, -0.2) is 44.3 Å². The highest BCUT2D eigenvalue weighted by Gasteiger charge is 2.54. The van der Waals surface area contributed by atoms with Gasteiger partial charge in [-0.3, -0.25) is 4.79 Å². The molecule has 1 aliphatic rings. The second-order valence-corrected chi connectivity index (χ2v) is 6.88. The lowest BCUT2D eigenvalue weighted by Gasteiger charge is -2.49. The van der Waals surface area contributed by atoms with Crippen LogP contribution >= 0.6 is 0 Å². The van der Waals surface area contributed by atoms with Crippen molar-refractivity contribution < 1.29 is 24.5 Å². The van der Waals surface area contributed by atoms with Crippen LogP contribution in [0.5, 0.6) is 11.6 Å². The molecular formula is C18H20N2O6. The molecule has 8 heteroatoms. The van der Waals surface area contributed by atoms with Gasteiger partial charge >= 0.3 is 5.97 Å². The van der Waals surface area contributed by atoms with Gasteiger partial charge in [-0.25, -0.2) is 9.48 Å². The molecule has 0 bridgehead atoms. The maximum atomic E-state index is 12.4. The lowest BCUT2D eigenvalue weighted by Crippen LogP contribution is -2.61. The number of hydrogen-bond donors (Lipinski definition) is 2. The Labute approximate surface area is 149 Å². The molecule has 1 aliphatic heterocycles. The van der Waals surface area contributed by atoms with Crippen molar-refractivity contribution in [2.24, 2.45) is 0 Å². The van der Waals surface area contributed by atoms with E-state index < -0.39 is 28.8 Å². The van der Waals surface area contributed by atoms with E-state index in [1.807, 2.05) is 0 Å². The lowest BCUT2D eigenvalue weighted by atomic mass is 9.75. The fourth-order valence-electron chi connectivity index (χ4n) is 3.08. The van der Waals surface area contributed by atoms with E-state index in [1.165, 1.54) is 32.2 Å². The summed E-state index contributed by atoms with van der Waals surface area (Å²) in [5.41, 5.74) is -2.55. The summed E-state index contributed by atoms with van der Waals surface area (Å²) in [5, 5.41) is 24.9. The van der Waals surface area contributed by atoms with Crippen LogP contribution in [0.1, 0.15) is 42.7 Å². The van der Waals surface area contributed by atoms with E-state index in [-0.39, 0.29) is 11.4 Å². The summed E-state index contributed by atoms with van der Waals surface area (Å²) < 4.78 is 11.7. The van der Waals surface area contributed by atoms with Gasteiger partial charge in [0.15, 0.2) is 0 Å². The van der Waals surface area contributed by atoms with Crippen LogP contribution in [0.15, 0.2) is 35.1 Å². The number of aromatic hydroxyl groups is 1. The molecule has 2 N–H and O–H groups in total. The number of aromatic nitrogens is 2. The molecule has 0 saturated carbocycles. The van der Waals surface area contributed by atoms with E-state index >= 15 is 0 Å². The molecule has 138 valence electrons. The number of nitrogens with zero attached hydrogens (tertiary/aromatic N) is 2. The molecule has 0 amide bonds. The van der Waals surface area contributed by atoms with Crippen molar-refractivity contribution in [2.75, 3.05) is 7.11 Å². The molecule has 0 saturated heterocycles. The van der Waals surface area contributed by atoms with Gasteiger partial charge in [-0.15, -0.1) is 5.10 Å². The number of aliphatic hydroxyl groups is 1. The molecule has 0 radical (unpaired) electrons. The van der Waals surface area contributed by atoms with E-state index in [4.69, 9.17) is 9.47 Å². The SMILES string of the molecule is COC(=O)c1ccc2c(c1)C(n1nc(O)ccc1=O)C(C)(O)C(C)(C)O2. The minimum absolute atomic E-state index is 0.239. The summed E-state index contributed by atoms with van der Waals surface area (Å²) >= 11 is 0. The fourth-order valence-corrected chi connectivity index (χ4v) is 3.08. The van der Waals surface area contributed by atoms with Crippen molar-refractivity contribution in [3.63, 3.8) is 0 Å². The summed E-state index contributed by atoms with van der Waals surface area (Å²) in [7, 11) is 1.26. The van der Waals surface area contributed by atoms with Crippen molar-refractivity contribution >= 4 is 5.97 Å². The van der Waals surface area contributed by atoms with Gasteiger partial charge in [0.2, 0.25) is 5.88 Å². The molecule has 2 atom stereocenters. The summed E-state index contributed by atoms with van der Waals surface area (Å²) in [6, 6.07) is 5.95. The third kappa shape index (κ3) is 2.62. The Hall–Kier alpha value is -2.87. The van der Waals surface area contributed by atoms with Gasteiger partial charge in [-0.2, -0.15) is 0 Å². The molecule has 8 nitrogen and oxygen atoms in total. The second-order valence-electron chi connectivity index (χ2n) is 6.88. The molecular weight excluding hydrogens is 340 g/mol. The minimum atomic E-state index is -1.58. The van der Waals surface area contributed by atoms with Crippen molar-refractivity contribution in [3.8, 4) is 11.6 Å². The third-order valence-electron chi connectivity index (χ3n) is 4.90. The predicted octanol–water partition coefficient (Wildman–Crippen LogP) is 1.25. The van der Waals surface area contributed by atoms with E-state index in [0.29, 0.717) is 11.3 Å². The average molecular weight is 360 g/mol. The number of carbonyl (C=O) groups excluding carboxylic acids is 1. The summed E-state index contributed by atoms with van der Waals surface area (Å²) in [5.74, 6) is -0.529. The highest BCUT2D eigenvalue weighted by atomic mass is 16.5. The molecule has 2 aromatic rings. The first-order valence-corrected chi connectivity index (χ1v) is 8.01. The first kappa shape index (κ1) is 17.9. The summed E-state index contributed by atoms with van der Waals surface area (Å²) in [4.78, 5) is 24.3. The van der Waals surface area contributed by atoms with Gasteiger partial charge in [-0.05, 0) is 39.0 Å². The first-order valence-electron chi connectivity index (χ1n) is 8.01. The lowest BCUT2D eigenvalue weighted by molar-refractivity contribution is -0.141. The zero-order chi connectivity index (χ0) is 19.3. The van der Waals surface area contributed by atoms with Gasteiger partial charge in [-0.1, -0.05) is 0 Å². The highest BCUT2D eigenvalue weighted by molar-refractivity contribution is 5.89. The number of hydrogen-bond acceptors (Lipinski definition) is 7. The number of benzene rings is 1. The van der Waals surface area contributed by atoms with Crippen molar-refractivity contribution in [2.45, 2.75) is 38.0 Å². The number of methoxy groups -OCH3 is 1. The van der Waals surface area contributed by atoms with E-state index in [2.05, 4.69) is 5.10 Å². The Morgan fingerprint density at radius 3 is 2.62 bits per heavy atom. The van der Waals surface area contributed by atoms with Crippen LogP contribution in [0.4, 0.5) is 0 Å². The number of fused-ring (bicyclic) bond motifs is 1. The van der Waals surface area contributed by atoms with E-state index in [0.717, 1.165) is 10.7 Å². The van der Waals surface area contributed by atoms with E-state index in [1.54, 1.807) is 19.9 Å². The highest BCUT2D eigenvalue weighted by Crippen LogP contribution is 2.47. The van der Waals surface area contributed by atoms with Crippen LogP contribution in [-0.2, 0) is 4.74 Å². The van der Waals surface area contributed by atoms with E-state index in [9.17, 15) is 19.8 Å². The molecule has 0 fully saturated rings. The smallest absolute Gasteiger partial charge is 0.337 e. The number of rotatable bonds is 2. The molecule has 2 heterocycles. The second kappa shape index (κ2) is 5.84. The Morgan fingerprint density at radius 1 is 1.27 bits per heavy atom. The summed E-state index contributed by atoms with van der Waals surface area (Å²) in [6.07, 6.45) is 0. The number of esters is 1. The fraction of sp³-hybridized carbons (Fsp3) is 0.389. The largest absolute Gasteiger partial charge is 0.492 e. The third-order valence-corrected chi connectivity index (χ3v) is 4.90. The van der Waals surface area contributed by atoms with Crippen LogP contribution < -0.4 is 10.3 Å². The van der Waals surface area contributed by atoms with Crippen LogP contribution in [0.2, 0.25) is 0 Å². The quantitative estimate of drug-likeness (QED) is 0.775. The number of ether oxygens (including phenoxy) is 2. The van der Waals surface area contributed by atoms with Gasteiger partial charge < -0.3 is 19.7 Å². The standard InChI is InChI=1S/C18H20N2O6/c1-17(2)18(3,24)15(20-14(22)8-7-13(21)19-20)11-9-10(16(23)25-4)5-6-12(11)26-17/h5-9,15,24H,1-4H3,(H,19,21). The predicted molar refractivity (Wildman–Crippen MR) is 91.4 cm³/mol. The van der Waals surface area contributed by atoms with Crippen LogP contribution in [0.3, 0.4) is 0 Å². The van der Waals surface area contributed by atoms with Gasteiger partial charge in [0, 0.05) is 17.7 Å². The van der Waals surface area contributed by atoms with Gasteiger partial charge in [0.1, 0.15) is 23.0 Å².